The molecule has 0 saturated heterocycles. The van der Waals surface area contributed by atoms with E-state index in [1.807, 2.05) is 6.92 Å². The van der Waals surface area contributed by atoms with Gasteiger partial charge in [0.15, 0.2) is 0 Å². The number of hydrogen-bond donors (Lipinski definition) is 1. The molecule has 1 aliphatic heterocycles. The monoisotopic (exact) mass is 405 g/mol. The maximum Gasteiger partial charge on any atom is 0.344 e. The van der Waals surface area contributed by atoms with Gasteiger partial charge in [0.1, 0.15) is 27.9 Å². The lowest BCUT2D eigenvalue weighted by molar-refractivity contribution is -0.138. The van der Waals surface area contributed by atoms with Crippen molar-refractivity contribution in [2.24, 2.45) is 4.99 Å². The normalized spacial score (nSPS) is 16.6. The molecule has 0 aliphatic carbocycles. The van der Waals surface area contributed by atoms with E-state index in [1.165, 1.54) is 7.11 Å². The number of amides is 1. The van der Waals surface area contributed by atoms with E-state index in [-0.39, 0.29) is 35.3 Å². The average molecular weight is 405 g/mol. The van der Waals surface area contributed by atoms with Gasteiger partial charge in [0.2, 0.25) is 5.91 Å². The van der Waals surface area contributed by atoms with Crippen molar-refractivity contribution in [3.05, 3.63) is 40.0 Å². The van der Waals surface area contributed by atoms with E-state index in [2.05, 4.69) is 4.99 Å². The number of hydrogen-bond acceptors (Lipinski definition) is 7. The fourth-order valence-electron chi connectivity index (χ4n) is 2.47. The van der Waals surface area contributed by atoms with E-state index in [1.54, 1.807) is 38.3 Å². The number of aliphatic imine (C=N–C) groups is 1. The molecule has 28 heavy (non-hydrogen) atoms. The van der Waals surface area contributed by atoms with Gasteiger partial charge in [0.25, 0.3) is 0 Å². The molecule has 1 amide bonds. The Bertz CT molecular complexity index is 856. The van der Waals surface area contributed by atoms with Crippen LogP contribution < -0.4 is 9.47 Å². The Morgan fingerprint density at radius 1 is 1.21 bits per heavy atom. The lowest BCUT2D eigenvalue weighted by Crippen LogP contribution is -2.14. The van der Waals surface area contributed by atoms with Crippen molar-refractivity contribution >= 4 is 34.8 Å². The summed E-state index contributed by atoms with van der Waals surface area (Å²) < 4.78 is 15.6. The summed E-state index contributed by atoms with van der Waals surface area (Å²) in [6.07, 6.45) is 2.53. The summed E-state index contributed by atoms with van der Waals surface area (Å²) in [5.41, 5.74) is 0.532. The lowest BCUT2D eigenvalue weighted by Gasteiger charge is -2.08. The molecular formula is C20H23NO6S. The first-order valence-corrected chi connectivity index (χ1v) is 9.60. The molecule has 1 aliphatic rings. The molecule has 0 spiro atoms. The number of nitrogens with zero attached hydrogens (tertiary/aromatic N) is 1. The molecule has 7 nitrogen and oxygen atoms in total. The van der Waals surface area contributed by atoms with Crippen molar-refractivity contribution in [1.29, 1.82) is 0 Å². The van der Waals surface area contributed by atoms with Gasteiger partial charge in [0.05, 0.1) is 25.7 Å². The summed E-state index contributed by atoms with van der Waals surface area (Å²) in [7, 11) is 3.07. The number of benzene rings is 1. The van der Waals surface area contributed by atoms with Crippen molar-refractivity contribution in [3.8, 4) is 11.5 Å². The summed E-state index contributed by atoms with van der Waals surface area (Å²) in [5, 5.41) is 10.8. The SMILES string of the molecule is CCCC(=O)N=C1S/C(=C\c2cc(OC)ccc2OC)C(O)=C1C(=O)OCC. The van der Waals surface area contributed by atoms with Gasteiger partial charge >= 0.3 is 5.97 Å². The molecule has 0 saturated carbocycles. The fourth-order valence-corrected chi connectivity index (χ4v) is 3.49. The van der Waals surface area contributed by atoms with Crippen molar-refractivity contribution in [2.45, 2.75) is 26.7 Å². The highest BCUT2D eigenvalue weighted by atomic mass is 32.2. The number of aliphatic hydroxyl groups excluding tert-OH is 1. The molecule has 150 valence electrons. The molecule has 0 radical (unpaired) electrons. The molecule has 2 rings (SSSR count). The summed E-state index contributed by atoms with van der Waals surface area (Å²) in [5.74, 6) is -0.198. The molecule has 1 heterocycles. The molecule has 0 fully saturated rings. The van der Waals surface area contributed by atoms with Crippen molar-refractivity contribution in [1.82, 2.24) is 0 Å². The first-order valence-electron chi connectivity index (χ1n) is 8.79. The third-order valence-corrected chi connectivity index (χ3v) is 4.80. The second-order valence-corrected chi connectivity index (χ2v) is 6.75. The van der Waals surface area contributed by atoms with Gasteiger partial charge in [-0.3, -0.25) is 4.79 Å². The number of esters is 1. The van der Waals surface area contributed by atoms with Crippen LogP contribution in [0.4, 0.5) is 0 Å². The number of rotatable bonds is 7. The van der Waals surface area contributed by atoms with Crippen LogP contribution in [-0.4, -0.2) is 42.9 Å². The van der Waals surface area contributed by atoms with Gasteiger partial charge in [-0.1, -0.05) is 18.7 Å². The number of thioether (sulfide) groups is 1. The van der Waals surface area contributed by atoms with E-state index < -0.39 is 5.97 Å². The highest BCUT2D eigenvalue weighted by Gasteiger charge is 2.33. The van der Waals surface area contributed by atoms with Gasteiger partial charge in [-0.2, -0.15) is 0 Å². The van der Waals surface area contributed by atoms with Gasteiger partial charge in [-0.25, -0.2) is 9.79 Å². The predicted octanol–water partition coefficient (Wildman–Crippen LogP) is 3.89. The number of carbonyl (C=O) groups is 2. The predicted molar refractivity (Wildman–Crippen MR) is 109 cm³/mol. The van der Waals surface area contributed by atoms with Crippen LogP contribution in [0.1, 0.15) is 32.3 Å². The number of carbonyl (C=O) groups excluding carboxylic acids is 2. The number of ether oxygens (including phenoxy) is 3. The molecule has 1 aromatic rings. The zero-order chi connectivity index (χ0) is 20.7. The van der Waals surface area contributed by atoms with Crippen molar-refractivity contribution < 1.29 is 28.9 Å². The Kier molecular flexibility index (Phi) is 7.69. The van der Waals surface area contributed by atoms with Gasteiger partial charge in [0, 0.05) is 12.0 Å². The van der Waals surface area contributed by atoms with Crippen LogP contribution in [0.3, 0.4) is 0 Å². The quantitative estimate of drug-likeness (QED) is 0.688. The van der Waals surface area contributed by atoms with Crippen LogP contribution in [0, 0.1) is 0 Å². The minimum atomic E-state index is -0.725. The van der Waals surface area contributed by atoms with Crippen LogP contribution in [0.15, 0.2) is 39.4 Å². The lowest BCUT2D eigenvalue weighted by atomic mass is 10.1. The van der Waals surface area contributed by atoms with E-state index in [0.29, 0.717) is 28.4 Å². The Balaban J connectivity index is 2.52. The van der Waals surface area contributed by atoms with E-state index >= 15 is 0 Å². The summed E-state index contributed by atoms with van der Waals surface area (Å²) in [6.45, 7) is 3.66. The Morgan fingerprint density at radius 2 is 1.96 bits per heavy atom. The first-order chi connectivity index (χ1) is 13.4. The zero-order valence-electron chi connectivity index (χ0n) is 16.3. The minimum absolute atomic E-state index is 0.107. The molecule has 1 aromatic carbocycles. The second-order valence-electron chi connectivity index (χ2n) is 5.72. The third kappa shape index (κ3) is 4.95. The summed E-state index contributed by atoms with van der Waals surface area (Å²) in [4.78, 5) is 28.6. The van der Waals surface area contributed by atoms with E-state index in [4.69, 9.17) is 14.2 Å². The number of methoxy groups -OCH3 is 2. The largest absolute Gasteiger partial charge is 0.506 e. The second kappa shape index (κ2) is 9.98. The fraction of sp³-hybridized carbons (Fsp3) is 0.350. The van der Waals surface area contributed by atoms with Crippen molar-refractivity contribution in [2.75, 3.05) is 20.8 Å². The minimum Gasteiger partial charge on any atom is -0.506 e. The van der Waals surface area contributed by atoms with Gasteiger partial charge < -0.3 is 19.3 Å². The van der Waals surface area contributed by atoms with Crippen LogP contribution in [0.5, 0.6) is 11.5 Å². The van der Waals surface area contributed by atoms with Crippen LogP contribution in [-0.2, 0) is 14.3 Å². The summed E-state index contributed by atoms with van der Waals surface area (Å²) in [6, 6.07) is 5.22. The highest BCUT2D eigenvalue weighted by Crippen LogP contribution is 2.40. The van der Waals surface area contributed by atoms with Gasteiger partial charge in [-0.15, -0.1) is 0 Å². The third-order valence-electron chi connectivity index (χ3n) is 3.78. The Hall–Kier alpha value is -2.74. The van der Waals surface area contributed by atoms with Crippen LogP contribution >= 0.6 is 11.8 Å². The standard InChI is InChI=1S/C20H23NO6S/c1-5-7-16(22)21-19-17(20(24)27-6-2)18(23)15(28-19)11-12-10-13(25-3)8-9-14(12)26-4/h8-11,23H,5-7H2,1-4H3/b15-11-,21-19?. The van der Waals surface area contributed by atoms with Crippen molar-refractivity contribution in [3.63, 3.8) is 0 Å². The molecule has 0 aromatic heterocycles. The molecule has 1 N–H and O–H groups in total. The summed E-state index contributed by atoms with van der Waals surface area (Å²) >= 11 is 1.03. The maximum atomic E-state index is 12.3. The Morgan fingerprint density at radius 3 is 2.57 bits per heavy atom. The Labute approximate surface area is 168 Å². The zero-order valence-corrected chi connectivity index (χ0v) is 17.1. The molecule has 0 unspecified atom stereocenters. The smallest absolute Gasteiger partial charge is 0.344 e. The molecule has 0 atom stereocenters. The molecular weight excluding hydrogens is 382 g/mol. The molecule has 0 bridgehead atoms. The van der Waals surface area contributed by atoms with E-state index in [0.717, 1.165) is 11.8 Å². The maximum absolute atomic E-state index is 12.3. The topological polar surface area (TPSA) is 94.4 Å². The first kappa shape index (κ1) is 21.6. The van der Waals surface area contributed by atoms with Crippen LogP contribution in [0.2, 0.25) is 0 Å². The molecule has 8 heteroatoms. The van der Waals surface area contributed by atoms with E-state index in [9.17, 15) is 14.7 Å². The van der Waals surface area contributed by atoms with Gasteiger partial charge in [-0.05, 0) is 37.6 Å². The number of aliphatic hydroxyl groups is 1. The van der Waals surface area contributed by atoms with Crippen LogP contribution in [0.25, 0.3) is 6.08 Å². The average Bonchev–Trinajstić information content (AvgIpc) is 2.96. The highest BCUT2D eigenvalue weighted by molar-refractivity contribution is 8.18.